The zero-order valence-electron chi connectivity index (χ0n) is 13.8. The van der Waals surface area contributed by atoms with Gasteiger partial charge in [0.25, 0.3) is 5.91 Å². The van der Waals surface area contributed by atoms with E-state index in [1.165, 1.54) is 17.5 Å². The first-order valence-corrected chi connectivity index (χ1v) is 8.72. The van der Waals surface area contributed by atoms with E-state index in [0.29, 0.717) is 35.4 Å². The Balaban J connectivity index is 1.95. The average Bonchev–Trinajstić information content (AvgIpc) is 3.03. The van der Waals surface area contributed by atoms with E-state index >= 15 is 0 Å². The van der Waals surface area contributed by atoms with Gasteiger partial charge in [0.05, 0.1) is 17.3 Å². The lowest BCUT2D eigenvalue weighted by Crippen LogP contribution is -2.25. The number of hydrogen-bond acceptors (Lipinski definition) is 7. The molecule has 2 aromatic rings. The van der Waals surface area contributed by atoms with Crippen LogP contribution in [0.5, 0.6) is 0 Å². The van der Waals surface area contributed by atoms with Crippen LogP contribution in [0.2, 0.25) is 0 Å². The normalized spacial score (nSPS) is 12.2. The number of thiazole rings is 1. The molecule has 24 heavy (non-hydrogen) atoms. The maximum absolute atomic E-state index is 11.9. The quantitative estimate of drug-likeness (QED) is 0.543. The summed E-state index contributed by atoms with van der Waals surface area (Å²) in [6, 6.07) is 3.33. The van der Waals surface area contributed by atoms with Crippen molar-refractivity contribution in [2.75, 3.05) is 18.5 Å². The number of hydrogen-bond donors (Lipinski definition) is 4. The molecule has 8 heteroatoms. The minimum Gasteiger partial charge on any atom is -0.396 e. The lowest BCUT2D eigenvalue weighted by atomic mass is 10.0. The predicted octanol–water partition coefficient (Wildman–Crippen LogP) is 2.05. The fourth-order valence-electron chi connectivity index (χ4n) is 1.93. The minimum atomic E-state index is -0.207. The van der Waals surface area contributed by atoms with Gasteiger partial charge in [0.1, 0.15) is 5.82 Å². The van der Waals surface area contributed by atoms with E-state index in [-0.39, 0.29) is 18.6 Å². The molecule has 1 amide bonds. The largest absolute Gasteiger partial charge is 0.396 e. The van der Waals surface area contributed by atoms with Crippen molar-refractivity contribution in [3.8, 4) is 0 Å². The highest BCUT2D eigenvalue weighted by molar-refractivity contribution is 7.13. The highest BCUT2D eigenvalue weighted by atomic mass is 32.1. The molecule has 2 aromatic heterocycles. The van der Waals surface area contributed by atoms with E-state index in [2.05, 4.69) is 34.4 Å². The van der Waals surface area contributed by atoms with Gasteiger partial charge < -0.3 is 21.5 Å². The Kier molecular flexibility index (Phi) is 6.65. The summed E-state index contributed by atoms with van der Waals surface area (Å²) in [7, 11) is 0. The van der Waals surface area contributed by atoms with Crippen molar-refractivity contribution in [1.82, 2.24) is 15.3 Å². The van der Waals surface area contributed by atoms with Crippen LogP contribution in [-0.2, 0) is 0 Å². The number of amides is 1. The summed E-state index contributed by atoms with van der Waals surface area (Å²) in [5, 5.41) is 17.2. The van der Waals surface area contributed by atoms with Gasteiger partial charge >= 0.3 is 0 Å². The average molecular weight is 349 g/mol. The van der Waals surface area contributed by atoms with Crippen LogP contribution in [0.15, 0.2) is 23.7 Å². The molecular formula is C16H23N5O2S. The smallest absolute Gasteiger partial charge is 0.252 e. The number of rotatable bonds is 8. The standard InChI is InChI=1S/C16H23N5O2S/c1-10(2)14(17)12-9-24-16(20-12)21-13-5-4-11(8-19-13)15(23)18-6-3-7-22/h4-5,8-10,14,22H,3,6-7,17H2,1-2H3,(H,18,23)(H,19,20,21). The van der Waals surface area contributed by atoms with Gasteiger partial charge in [-0.25, -0.2) is 9.97 Å². The summed E-state index contributed by atoms with van der Waals surface area (Å²) in [4.78, 5) is 20.6. The molecule has 2 heterocycles. The zero-order chi connectivity index (χ0) is 17.5. The van der Waals surface area contributed by atoms with Gasteiger partial charge in [-0.2, -0.15) is 0 Å². The first kappa shape index (κ1) is 18.3. The van der Waals surface area contributed by atoms with Gasteiger partial charge in [-0.3, -0.25) is 4.79 Å². The third kappa shape index (κ3) is 4.98. The van der Waals surface area contributed by atoms with E-state index in [1.54, 1.807) is 12.1 Å². The number of aliphatic hydroxyl groups excluding tert-OH is 1. The summed E-state index contributed by atoms with van der Waals surface area (Å²) in [5.41, 5.74) is 7.42. The fourth-order valence-corrected chi connectivity index (χ4v) is 2.70. The number of nitrogens with one attached hydrogen (secondary N) is 2. The molecule has 0 aliphatic rings. The van der Waals surface area contributed by atoms with Crippen LogP contribution < -0.4 is 16.4 Å². The summed E-state index contributed by atoms with van der Waals surface area (Å²) >= 11 is 1.47. The topological polar surface area (TPSA) is 113 Å². The second-order valence-corrected chi connectivity index (χ2v) is 6.60. The van der Waals surface area contributed by atoms with Crippen molar-refractivity contribution in [3.63, 3.8) is 0 Å². The first-order chi connectivity index (χ1) is 11.5. The second kappa shape index (κ2) is 8.72. The molecule has 0 radical (unpaired) electrons. The van der Waals surface area contributed by atoms with E-state index in [9.17, 15) is 4.79 Å². The Morgan fingerprint density at radius 1 is 1.42 bits per heavy atom. The van der Waals surface area contributed by atoms with Crippen LogP contribution in [-0.4, -0.2) is 34.1 Å². The molecule has 0 bridgehead atoms. The minimum absolute atomic E-state index is 0.0532. The van der Waals surface area contributed by atoms with Crippen molar-refractivity contribution in [2.24, 2.45) is 11.7 Å². The molecule has 0 fully saturated rings. The van der Waals surface area contributed by atoms with Gasteiger partial charge in [-0.15, -0.1) is 11.3 Å². The lowest BCUT2D eigenvalue weighted by molar-refractivity contribution is 0.0951. The third-order valence-electron chi connectivity index (χ3n) is 3.46. The number of aromatic nitrogens is 2. The first-order valence-electron chi connectivity index (χ1n) is 7.84. The predicted molar refractivity (Wildman–Crippen MR) is 95.4 cm³/mol. The number of carbonyl (C=O) groups is 1. The third-order valence-corrected chi connectivity index (χ3v) is 4.24. The van der Waals surface area contributed by atoms with Crippen molar-refractivity contribution in [2.45, 2.75) is 26.3 Å². The van der Waals surface area contributed by atoms with E-state index in [4.69, 9.17) is 10.8 Å². The van der Waals surface area contributed by atoms with Crippen molar-refractivity contribution in [1.29, 1.82) is 0 Å². The summed E-state index contributed by atoms with van der Waals surface area (Å²) < 4.78 is 0. The lowest BCUT2D eigenvalue weighted by Gasteiger charge is -2.12. The molecule has 7 nitrogen and oxygen atoms in total. The maximum Gasteiger partial charge on any atom is 0.252 e. The number of anilines is 2. The number of pyridine rings is 1. The highest BCUT2D eigenvalue weighted by Gasteiger charge is 2.14. The Labute approximate surface area is 145 Å². The molecule has 5 N–H and O–H groups in total. The summed E-state index contributed by atoms with van der Waals surface area (Å²) in [6.07, 6.45) is 2.04. The molecular weight excluding hydrogens is 326 g/mol. The fraction of sp³-hybridized carbons (Fsp3) is 0.438. The molecule has 0 aliphatic carbocycles. The van der Waals surface area contributed by atoms with Crippen molar-refractivity contribution < 1.29 is 9.90 Å². The van der Waals surface area contributed by atoms with Crippen LogP contribution in [0.1, 0.15) is 42.4 Å². The number of nitrogens with zero attached hydrogens (tertiary/aromatic N) is 2. The van der Waals surface area contributed by atoms with Crippen LogP contribution in [0, 0.1) is 5.92 Å². The molecule has 0 aromatic carbocycles. The Morgan fingerprint density at radius 3 is 2.83 bits per heavy atom. The number of aliphatic hydroxyl groups is 1. The van der Waals surface area contributed by atoms with Gasteiger partial charge in [0.15, 0.2) is 5.13 Å². The van der Waals surface area contributed by atoms with Crippen molar-refractivity contribution >= 4 is 28.2 Å². The van der Waals surface area contributed by atoms with E-state index < -0.39 is 0 Å². The highest BCUT2D eigenvalue weighted by Crippen LogP contribution is 2.25. The Hall–Kier alpha value is -2.03. The molecule has 1 unspecified atom stereocenters. The summed E-state index contributed by atoms with van der Waals surface area (Å²) in [6.45, 7) is 4.61. The Morgan fingerprint density at radius 2 is 2.21 bits per heavy atom. The molecule has 0 aliphatic heterocycles. The van der Waals surface area contributed by atoms with Crippen LogP contribution in [0.3, 0.4) is 0 Å². The second-order valence-electron chi connectivity index (χ2n) is 5.74. The van der Waals surface area contributed by atoms with Crippen LogP contribution in [0.25, 0.3) is 0 Å². The van der Waals surface area contributed by atoms with Gasteiger partial charge in [-0.1, -0.05) is 13.8 Å². The number of carbonyl (C=O) groups excluding carboxylic acids is 1. The zero-order valence-corrected chi connectivity index (χ0v) is 14.6. The summed E-state index contributed by atoms with van der Waals surface area (Å²) in [5.74, 6) is 0.726. The molecule has 0 saturated heterocycles. The molecule has 0 spiro atoms. The van der Waals surface area contributed by atoms with Gasteiger partial charge in [0, 0.05) is 24.7 Å². The van der Waals surface area contributed by atoms with E-state index in [1.807, 2.05) is 5.38 Å². The monoisotopic (exact) mass is 349 g/mol. The molecule has 130 valence electrons. The van der Waals surface area contributed by atoms with Crippen molar-refractivity contribution in [3.05, 3.63) is 35.0 Å². The molecule has 1 atom stereocenters. The van der Waals surface area contributed by atoms with E-state index in [0.717, 1.165) is 5.69 Å². The molecule has 0 saturated carbocycles. The van der Waals surface area contributed by atoms with Crippen LogP contribution in [0.4, 0.5) is 10.9 Å². The molecule has 2 rings (SSSR count). The van der Waals surface area contributed by atoms with Gasteiger partial charge in [-0.05, 0) is 24.5 Å². The van der Waals surface area contributed by atoms with Crippen LogP contribution >= 0.6 is 11.3 Å². The maximum atomic E-state index is 11.9. The van der Waals surface area contributed by atoms with Gasteiger partial charge in [0.2, 0.25) is 0 Å². The SMILES string of the molecule is CC(C)C(N)c1csc(Nc2ccc(C(=O)NCCCO)cn2)n1. The number of nitrogens with two attached hydrogens (primary N) is 1. The Bertz CT molecular complexity index is 657.